The number of aromatic nitrogens is 1. The quantitative estimate of drug-likeness (QED) is 0.751. The van der Waals surface area contributed by atoms with Gasteiger partial charge in [0.2, 0.25) is 0 Å². The molecule has 0 bridgehead atoms. The second kappa shape index (κ2) is 4.89. The summed E-state index contributed by atoms with van der Waals surface area (Å²) in [5.41, 5.74) is 1.32. The van der Waals surface area contributed by atoms with Crippen molar-refractivity contribution in [2.75, 3.05) is 11.9 Å². The van der Waals surface area contributed by atoms with E-state index in [-0.39, 0.29) is 0 Å². The number of halogens is 1. The van der Waals surface area contributed by atoms with Gasteiger partial charge in [-0.2, -0.15) is 0 Å². The molecule has 1 fully saturated rings. The Labute approximate surface area is 93.5 Å². The standard InChI is InChI=1S/C11H15BrN2/c12-5-7-14(11-3-4-11)9-10-2-1-6-13-8-10/h1-2,6,8,11H,3-5,7,9H2. The number of nitrogens with zero attached hydrogens (tertiary/aromatic N) is 2. The van der Waals surface area contributed by atoms with Crippen LogP contribution in [0.5, 0.6) is 0 Å². The summed E-state index contributed by atoms with van der Waals surface area (Å²) in [5.74, 6) is 0. The molecule has 1 aliphatic rings. The van der Waals surface area contributed by atoms with E-state index >= 15 is 0 Å². The molecule has 1 heterocycles. The predicted molar refractivity (Wildman–Crippen MR) is 61.5 cm³/mol. The van der Waals surface area contributed by atoms with Gasteiger partial charge in [0, 0.05) is 36.9 Å². The minimum absolute atomic E-state index is 0.827. The van der Waals surface area contributed by atoms with Crippen LogP contribution in [0.2, 0.25) is 0 Å². The van der Waals surface area contributed by atoms with Gasteiger partial charge in [0.25, 0.3) is 0 Å². The molecule has 0 N–H and O–H groups in total. The van der Waals surface area contributed by atoms with Crippen LogP contribution < -0.4 is 0 Å². The average molecular weight is 255 g/mol. The number of hydrogen-bond acceptors (Lipinski definition) is 2. The average Bonchev–Trinajstić information content (AvgIpc) is 3.02. The lowest BCUT2D eigenvalue weighted by molar-refractivity contribution is 0.272. The third-order valence-corrected chi connectivity index (χ3v) is 2.90. The molecule has 0 spiro atoms. The first-order chi connectivity index (χ1) is 6.90. The zero-order valence-electron chi connectivity index (χ0n) is 8.19. The van der Waals surface area contributed by atoms with Gasteiger partial charge in [0.15, 0.2) is 0 Å². The van der Waals surface area contributed by atoms with Crippen LogP contribution in [0.25, 0.3) is 0 Å². The van der Waals surface area contributed by atoms with Gasteiger partial charge in [-0.15, -0.1) is 0 Å². The minimum Gasteiger partial charge on any atom is -0.295 e. The molecule has 1 aromatic heterocycles. The third-order valence-electron chi connectivity index (χ3n) is 2.54. The maximum atomic E-state index is 4.14. The number of hydrogen-bond donors (Lipinski definition) is 0. The van der Waals surface area contributed by atoms with Gasteiger partial charge >= 0.3 is 0 Å². The molecular formula is C11H15BrN2. The lowest BCUT2D eigenvalue weighted by Crippen LogP contribution is -2.27. The molecule has 1 aromatic rings. The summed E-state index contributed by atoms with van der Waals surface area (Å²) >= 11 is 3.50. The third kappa shape index (κ3) is 2.79. The van der Waals surface area contributed by atoms with E-state index in [1.807, 2.05) is 18.5 Å². The van der Waals surface area contributed by atoms with Crippen molar-refractivity contribution in [3.05, 3.63) is 30.1 Å². The first-order valence-electron chi connectivity index (χ1n) is 5.09. The molecule has 1 saturated carbocycles. The highest BCUT2D eigenvalue weighted by Gasteiger charge is 2.28. The molecule has 2 rings (SSSR count). The van der Waals surface area contributed by atoms with Crippen LogP contribution in [0.4, 0.5) is 0 Å². The molecule has 14 heavy (non-hydrogen) atoms. The highest BCUT2D eigenvalue weighted by Crippen LogP contribution is 2.27. The van der Waals surface area contributed by atoms with E-state index in [1.165, 1.54) is 18.4 Å². The van der Waals surface area contributed by atoms with Crippen molar-refractivity contribution in [3.8, 4) is 0 Å². The Hall–Kier alpha value is -0.410. The van der Waals surface area contributed by atoms with Crippen LogP contribution in [0.15, 0.2) is 24.5 Å². The molecule has 3 heteroatoms. The van der Waals surface area contributed by atoms with E-state index < -0.39 is 0 Å². The maximum absolute atomic E-state index is 4.14. The zero-order chi connectivity index (χ0) is 9.80. The zero-order valence-corrected chi connectivity index (χ0v) is 9.78. The summed E-state index contributed by atoms with van der Waals surface area (Å²) in [5, 5.41) is 1.06. The van der Waals surface area contributed by atoms with Gasteiger partial charge in [0.1, 0.15) is 0 Å². The topological polar surface area (TPSA) is 16.1 Å². The van der Waals surface area contributed by atoms with E-state index in [9.17, 15) is 0 Å². The van der Waals surface area contributed by atoms with Gasteiger partial charge in [-0.25, -0.2) is 0 Å². The van der Waals surface area contributed by atoms with Crippen molar-refractivity contribution in [3.63, 3.8) is 0 Å². The van der Waals surface area contributed by atoms with Crippen molar-refractivity contribution in [1.29, 1.82) is 0 Å². The lowest BCUT2D eigenvalue weighted by atomic mass is 10.2. The summed E-state index contributed by atoms with van der Waals surface area (Å²) in [4.78, 5) is 6.67. The molecule has 0 amide bonds. The van der Waals surface area contributed by atoms with Crippen LogP contribution in [0.3, 0.4) is 0 Å². The predicted octanol–water partition coefficient (Wildman–Crippen LogP) is 2.44. The Morgan fingerprint density at radius 3 is 2.93 bits per heavy atom. The van der Waals surface area contributed by atoms with Gasteiger partial charge in [0.05, 0.1) is 0 Å². The Kier molecular flexibility index (Phi) is 3.54. The van der Waals surface area contributed by atoms with E-state index in [0.29, 0.717) is 0 Å². The molecule has 0 unspecified atom stereocenters. The second-order valence-electron chi connectivity index (χ2n) is 3.75. The molecule has 0 aromatic carbocycles. The van der Waals surface area contributed by atoms with Crippen LogP contribution in [-0.2, 0) is 6.54 Å². The summed E-state index contributed by atoms with van der Waals surface area (Å²) in [6.45, 7) is 2.18. The molecule has 76 valence electrons. The van der Waals surface area contributed by atoms with E-state index in [0.717, 1.165) is 24.5 Å². The van der Waals surface area contributed by atoms with E-state index in [2.05, 4.69) is 31.9 Å². The number of alkyl halides is 1. The Bertz CT molecular complexity index is 272. The molecule has 0 saturated heterocycles. The van der Waals surface area contributed by atoms with Crippen molar-refractivity contribution < 1.29 is 0 Å². The highest BCUT2D eigenvalue weighted by atomic mass is 79.9. The van der Waals surface area contributed by atoms with Crippen LogP contribution in [-0.4, -0.2) is 27.8 Å². The van der Waals surface area contributed by atoms with Crippen molar-refractivity contribution in [2.45, 2.75) is 25.4 Å². The number of rotatable bonds is 5. The fourth-order valence-electron chi connectivity index (χ4n) is 1.67. The smallest absolute Gasteiger partial charge is 0.0312 e. The monoisotopic (exact) mass is 254 g/mol. The van der Waals surface area contributed by atoms with Gasteiger partial charge in [-0.3, -0.25) is 9.88 Å². The largest absolute Gasteiger partial charge is 0.295 e. The van der Waals surface area contributed by atoms with Crippen molar-refractivity contribution in [1.82, 2.24) is 9.88 Å². The van der Waals surface area contributed by atoms with E-state index in [1.54, 1.807) is 0 Å². The maximum Gasteiger partial charge on any atom is 0.0312 e. The SMILES string of the molecule is BrCCN(Cc1cccnc1)C1CC1. The molecular weight excluding hydrogens is 240 g/mol. The van der Waals surface area contributed by atoms with Gasteiger partial charge in [-0.1, -0.05) is 22.0 Å². The van der Waals surface area contributed by atoms with Crippen molar-refractivity contribution >= 4 is 15.9 Å². The first kappa shape index (κ1) is 10.1. The van der Waals surface area contributed by atoms with Crippen molar-refractivity contribution in [2.24, 2.45) is 0 Å². The number of pyridine rings is 1. The highest BCUT2D eigenvalue weighted by molar-refractivity contribution is 9.09. The van der Waals surface area contributed by atoms with Crippen LogP contribution in [0.1, 0.15) is 18.4 Å². The second-order valence-corrected chi connectivity index (χ2v) is 4.54. The molecule has 0 radical (unpaired) electrons. The summed E-state index contributed by atoms with van der Waals surface area (Å²) in [7, 11) is 0. The van der Waals surface area contributed by atoms with Crippen LogP contribution >= 0.6 is 15.9 Å². The minimum atomic E-state index is 0.827. The molecule has 1 aliphatic carbocycles. The molecule has 0 atom stereocenters. The Balaban J connectivity index is 1.93. The van der Waals surface area contributed by atoms with E-state index in [4.69, 9.17) is 0 Å². The fourth-order valence-corrected chi connectivity index (χ4v) is 2.12. The summed E-state index contributed by atoms with van der Waals surface area (Å²) in [6.07, 6.45) is 6.53. The summed E-state index contributed by atoms with van der Waals surface area (Å²) in [6, 6.07) is 4.98. The Morgan fingerprint density at radius 1 is 1.50 bits per heavy atom. The molecule has 0 aliphatic heterocycles. The first-order valence-corrected chi connectivity index (χ1v) is 6.21. The molecule has 2 nitrogen and oxygen atoms in total. The van der Waals surface area contributed by atoms with Crippen LogP contribution in [0, 0.1) is 0 Å². The Morgan fingerprint density at radius 2 is 2.36 bits per heavy atom. The lowest BCUT2D eigenvalue weighted by Gasteiger charge is -2.20. The normalized spacial score (nSPS) is 16.1. The van der Waals surface area contributed by atoms with Gasteiger partial charge in [-0.05, 0) is 24.5 Å². The fraction of sp³-hybridized carbons (Fsp3) is 0.545. The summed E-state index contributed by atoms with van der Waals surface area (Å²) < 4.78 is 0. The van der Waals surface area contributed by atoms with Gasteiger partial charge < -0.3 is 0 Å².